The van der Waals surface area contributed by atoms with Crippen molar-refractivity contribution < 1.29 is 14.2 Å². The molecular formula is C25H23ClFN3O3. The highest BCUT2D eigenvalue weighted by Crippen LogP contribution is 2.34. The molecule has 1 N–H and O–H groups in total. The predicted octanol–water partition coefficient (Wildman–Crippen LogP) is 3.62. The van der Waals surface area contributed by atoms with Gasteiger partial charge in [-0.1, -0.05) is 29.8 Å². The quantitative estimate of drug-likeness (QED) is 0.635. The monoisotopic (exact) mass is 467 g/mol. The molecule has 1 aliphatic heterocycles. The molecule has 33 heavy (non-hydrogen) atoms. The Hall–Kier alpha value is -3.00. The Morgan fingerprint density at radius 1 is 1.27 bits per heavy atom. The molecule has 0 saturated carbocycles. The van der Waals surface area contributed by atoms with Crippen LogP contribution < -0.4 is 10.5 Å². The predicted molar refractivity (Wildman–Crippen MR) is 125 cm³/mol. The van der Waals surface area contributed by atoms with Crippen LogP contribution in [0.5, 0.6) is 0 Å². The number of allylic oxidation sites excluding steroid dienone is 1. The highest BCUT2D eigenvalue weighted by molar-refractivity contribution is 6.30. The molecule has 2 aliphatic rings. The highest BCUT2D eigenvalue weighted by atomic mass is 35.5. The first-order valence-corrected chi connectivity index (χ1v) is 11.3. The minimum absolute atomic E-state index is 0.0386. The van der Waals surface area contributed by atoms with Gasteiger partial charge in [-0.3, -0.25) is 9.78 Å². The van der Waals surface area contributed by atoms with Gasteiger partial charge >= 0.3 is 0 Å². The molecule has 0 bridgehead atoms. The van der Waals surface area contributed by atoms with Crippen LogP contribution in [0.2, 0.25) is 5.02 Å². The smallest absolute Gasteiger partial charge is 0.251 e. The third kappa shape index (κ3) is 4.44. The number of hydrogen-bond donors (Lipinski definition) is 1. The Bertz CT molecular complexity index is 1290. The first-order chi connectivity index (χ1) is 16.0. The maximum atomic E-state index is 14.3. The van der Waals surface area contributed by atoms with Gasteiger partial charge in [-0.15, -0.1) is 0 Å². The number of aromatic nitrogens is 2. The van der Waals surface area contributed by atoms with Crippen molar-refractivity contribution >= 4 is 22.9 Å². The average Bonchev–Trinajstić information content (AvgIpc) is 3.11. The van der Waals surface area contributed by atoms with Gasteiger partial charge in [-0.2, -0.15) is 0 Å². The average molecular weight is 468 g/mol. The number of anilines is 1. The molecule has 1 unspecified atom stereocenters. The number of aliphatic hydroxyl groups is 1. The van der Waals surface area contributed by atoms with Crippen molar-refractivity contribution in [2.24, 2.45) is 0 Å². The van der Waals surface area contributed by atoms with Crippen LogP contribution in [0.25, 0.3) is 5.57 Å². The van der Waals surface area contributed by atoms with E-state index in [-0.39, 0.29) is 17.1 Å². The summed E-state index contributed by atoms with van der Waals surface area (Å²) in [6, 6.07) is 10.3. The Morgan fingerprint density at radius 2 is 2.15 bits per heavy atom. The summed E-state index contributed by atoms with van der Waals surface area (Å²) in [4.78, 5) is 19.5. The van der Waals surface area contributed by atoms with Gasteiger partial charge in [0.1, 0.15) is 5.82 Å². The van der Waals surface area contributed by atoms with Gasteiger partial charge in [-0.05, 0) is 35.8 Å². The van der Waals surface area contributed by atoms with Crippen LogP contribution in [0.4, 0.5) is 10.1 Å². The molecule has 1 saturated heterocycles. The molecule has 1 aliphatic carbocycles. The Labute approximate surface area is 195 Å². The minimum Gasteiger partial charge on any atom is -0.366 e. The van der Waals surface area contributed by atoms with Gasteiger partial charge in [0.25, 0.3) is 5.56 Å². The SMILES string of the molecule is O=c1cc(C2=CCc3ncc(N4CCCOC(O)C4)cc32)ccn1Cc1cccc(Cl)c1F. The summed E-state index contributed by atoms with van der Waals surface area (Å²) in [6.07, 6.45) is 6.25. The van der Waals surface area contributed by atoms with E-state index < -0.39 is 12.1 Å². The molecule has 0 amide bonds. The molecule has 0 spiro atoms. The molecule has 8 heteroatoms. The summed E-state index contributed by atoms with van der Waals surface area (Å²) in [5, 5.41) is 10.0. The molecule has 2 aromatic heterocycles. The first-order valence-electron chi connectivity index (χ1n) is 10.9. The maximum absolute atomic E-state index is 14.3. The fraction of sp³-hybridized carbons (Fsp3) is 0.280. The van der Waals surface area contributed by atoms with Gasteiger partial charge in [0.2, 0.25) is 0 Å². The van der Waals surface area contributed by atoms with E-state index in [2.05, 4.69) is 22.0 Å². The van der Waals surface area contributed by atoms with Gasteiger partial charge in [0, 0.05) is 36.4 Å². The standard InChI is InChI=1S/C25H23ClFN3O3/c26-21-4-1-3-17(25(21)27)14-30-9-7-16(11-23(30)31)19-5-6-22-20(19)12-18(13-28-22)29-8-2-10-33-24(32)15-29/h1,3-5,7,9,11-13,24,32H,2,6,8,10,14-15H2. The number of rotatable bonds is 4. The molecule has 3 aromatic rings. The zero-order valence-electron chi connectivity index (χ0n) is 17.9. The first kappa shape index (κ1) is 21.8. The van der Waals surface area contributed by atoms with E-state index >= 15 is 0 Å². The number of halogens is 2. The van der Waals surface area contributed by atoms with Crippen LogP contribution in [0.15, 0.2) is 59.7 Å². The van der Waals surface area contributed by atoms with Crippen molar-refractivity contribution in [3.05, 3.63) is 98.4 Å². The molecule has 5 rings (SSSR count). The number of fused-ring (bicyclic) bond motifs is 1. The second-order valence-corrected chi connectivity index (χ2v) is 8.64. The van der Waals surface area contributed by atoms with Crippen molar-refractivity contribution in [1.82, 2.24) is 9.55 Å². The zero-order valence-corrected chi connectivity index (χ0v) is 18.6. The summed E-state index contributed by atoms with van der Waals surface area (Å²) in [6.45, 7) is 1.78. The molecular weight excluding hydrogens is 445 g/mol. The van der Waals surface area contributed by atoms with Gasteiger partial charge in [0.15, 0.2) is 6.29 Å². The molecule has 3 heterocycles. The van der Waals surface area contributed by atoms with E-state index in [1.54, 1.807) is 24.4 Å². The lowest BCUT2D eigenvalue weighted by Gasteiger charge is -2.24. The molecule has 170 valence electrons. The topological polar surface area (TPSA) is 67.6 Å². The number of pyridine rings is 2. The van der Waals surface area contributed by atoms with Crippen LogP contribution >= 0.6 is 11.6 Å². The molecule has 6 nitrogen and oxygen atoms in total. The van der Waals surface area contributed by atoms with Gasteiger partial charge in [-0.25, -0.2) is 4.39 Å². The van der Waals surface area contributed by atoms with E-state index in [4.69, 9.17) is 16.3 Å². The van der Waals surface area contributed by atoms with E-state index in [0.29, 0.717) is 25.1 Å². The van der Waals surface area contributed by atoms with Crippen LogP contribution in [0, 0.1) is 5.82 Å². The largest absolute Gasteiger partial charge is 0.366 e. The van der Waals surface area contributed by atoms with Gasteiger partial charge < -0.3 is 19.3 Å². The van der Waals surface area contributed by atoms with Crippen LogP contribution in [-0.2, 0) is 17.7 Å². The number of β-amino-alcohol motifs (C(OH)–C–C–N with tert-alkyl or cyclic N) is 1. The van der Waals surface area contributed by atoms with E-state index in [0.717, 1.165) is 41.0 Å². The second kappa shape index (κ2) is 9.09. The molecule has 1 aromatic carbocycles. The Balaban J connectivity index is 1.42. The van der Waals surface area contributed by atoms with Crippen LogP contribution in [0.3, 0.4) is 0 Å². The zero-order chi connectivity index (χ0) is 22.9. The Morgan fingerprint density at radius 3 is 3.00 bits per heavy atom. The van der Waals surface area contributed by atoms with E-state index in [1.165, 1.54) is 10.6 Å². The molecule has 0 radical (unpaired) electrons. The van der Waals surface area contributed by atoms with Crippen molar-refractivity contribution in [1.29, 1.82) is 0 Å². The maximum Gasteiger partial charge on any atom is 0.251 e. The number of benzene rings is 1. The molecule has 1 fully saturated rings. The summed E-state index contributed by atoms with van der Waals surface area (Å²) in [7, 11) is 0. The fourth-order valence-corrected chi connectivity index (χ4v) is 4.53. The van der Waals surface area contributed by atoms with Crippen LogP contribution in [-0.4, -0.2) is 40.6 Å². The van der Waals surface area contributed by atoms with E-state index in [1.807, 2.05) is 12.3 Å². The summed E-state index contributed by atoms with van der Waals surface area (Å²) in [5.74, 6) is -0.509. The third-order valence-corrected chi connectivity index (χ3v) is 6.34. The van der Waals surface area contributed by atoms with E-state index in [9.17, 15) is 14.3 Å². The fourth-order valence-electron chi connectivity index (χ4n) is 4.33. The lowest BCUT2D eigenvalue weighted by atomic mass is 10.0. The highest BCUT2D eigenvalue weighted by Gasteiger charge is 2.22. The number of aliphatic hydroxyl groups excluding tert-OH is 1. The van der Waals surface area contributed by atoms with Crippen molar-refractivity contribution in [2.75, 3.05) is 24.6 Å². The van der Waals surface area contributed by atoms with Gasteiger partial charge in [0.05, 0.1) is 42.3 Å². The van der Waals surface area contributed by atoms with Crippen LogP contribution in [0.1, 0.15) is 28.8 Å². The summed E-state index contributed by atoms with van der Waals surface area (Å²) >= 11 is 5.86. The lowest BCUT2D eigenvalue weighted by molar-refractivity contribution is -0.0850. The minimum atomic E-state index is -0.826. The third-order valence-electron chi connectivity index (χ3n) is 6.05. The normalized spacial score (nSPS) is 18.1. The second-order valence-electron chi connectivity index (χ2n) is 8.23. The lowest BCUT2D eigenvalue weighted by Crippen LogP contribution is -2.31. The molecule has 1 atom stereocenters. The number of ether oxygens (including phenoxy) is 1. The summed E-state index contributed by atoms with van der Waals surface area (Å²) in [5.41, 5.74) is 4.72. The Kier molecular flexibility index (Phi) is 6.01. The number of nitrogens with zero attached hydrogens (tertiary/aromatic N) is 3. The van der Waals surface area contributed by atoms with Crippen molar-refractivity contribution in [3.63, 3.8) is 0 Å². The van der Waals surface area contributed by atoms with Crippen molar-refractivity contribution in [2.45, 2.75) is 25.7 Å². The summed E-state index contributed by atoms with van der Waals surface area (Å²) < 4.78 is 21.1. The van der Waals surface area contributed by atoms with Crippen molar-refractivity contribution in [3.8, 4) is 0 Å². The number of hydrogen-bond acceptors (Lipinski definition) is 5.